The minimum absolute atomic E-state index is 0. The maximum Gasteiger partial charge on any atom is 0.119 e. The number of nitrogen functional groups attached to an aromatic ring is 1. The molecule has 0 atom stereocenters. The van der Waals surface area contributed by atoms with Gasteiger partial charge in [-0.2, -0.15) is 0 Å². The number of nitrogens with one attached hydrogen (secondary N) is 1. The van der Waals surface area contributed by atoms with E-state index >= 15 is 0 Å². The Kier molecular flexibility index (Phi) is 3.93. The molecular formula is C11H14ClN3O. The van der Waals surface area contributed by atoms with Crippen molar-refractivity contribution in [2.75, 3.05) is 12.5 Å². The Morgan fingerprint density at radius 2 is 2.06 bits per heavy atom. The fourth-order valence-electron chi connectivity index (χ4n) is 1.58. The van der Waals surface area contributed by atoms with Gasteiger partial charge in [0.2, 0.25) is 0 Å². The number of aryl methyl sites for hydroxylation is 1. The molecular weight excluding hydrogens is 226 g/mol. The van der Waals surface area contributed by atoms with Gasteiger partial charge in [0.1, 0.15) is 5.75 Å². The molecule has 0 aliphatic carbocycles. The Labute approximate surface area is 100 Å². The molecule has 2 aromatic rings. The van der Waals surface area contributed by atoms with Crippen molar-refractivity contribution >= 4 is 29.0 Å². The van der Waals surface area contributed by atoms with Crippen LogP contribution in [0, 0.1) is 6.92 Å². The van der Waals surface area contributed by atoms with Gasteiger partial charge in [0.05, 0.1) is 18.3 Å². The fraction of sp³-hybridized carbons (Fsp3) is 0.182. The summed E-state index contributed by atoms with van der Waals surface area (Å²) in [5.41, 5.74) is 5.36. The summed E-state index contributed by atoms with van der Waals surface area (Å²) >= 11 is 0. The molecule has 1 aromatic heterocycles. The number of hydrogen-bond acceptors (Lipinski definition) is 4. The number of ether oxygens (including phenoxy) is 1. The zero-order valence-corrected chi connectivity index (χ0v) is 9.97. The molecule has 0 radical (unpaired) electrons. The number of fused-ring (bicyclic) bond motifs is 1. The second-order valence-electron chi connectivity index (χ2n) is 3.34. The Hall–Kier alpha value is -1.52. The molecule has 0 unspecified atom stereocenters. The van der Waals surface area contributed by atoms with Crippen molar-refractivity contribution < 1.29 is 4.74 Å². The number of nitrogens with zero attached hydrogens (tertiary/aromatic N) is 1. The van der Waals surface area contributed by atoms with Crippen LogP contribution in [0.5, 0.6) is 5.75 Å². The highest BCUT2D eigenvalue weighted by Gasteiger charge is 2.04. The number of hydrogen-bond donors (Lipinski definition) is 2. The molecule has 5 heteroatoms. The van der Waals surface area contributed by atoms with Crippen molar-refractivity contribution in [3.63, 3.8) is 0 Å². The van der Waals surface area contributed by atoms with E-state index in [1.165, 1.54) is 0 Å². The second kappa shape index (κ2) is 5.01. The highest BCUT2D eigenvalue weighted by atomic mass is 35.5. The van der Waals surface area contributed by atoms with Crippen molar-refractivity contribution in [3.05, 3.63) is 30.0 Å². The first kappa shape index (κ1) is 12.5. The van der Waals surface area contributed by atoms with E-state index in [9.17, 15) is 0 Å². The van der Waals surface area contributed by atoms with Crippen molar-refractivity contribution in [1.29, 1.82) is 0 Å². The van der Waals surface area contributed by atoms with E-state index in [1.807, 2.05) is 31.2 Å². The molecule has 0 spiro atoms. The van der Waals surface area contributed by atoms with Crippen LogP contribution in [-0.4, -0.2) is 12.1 Å². The van der Waals surface area contributed by atoms with Gasteiger partial charge >= 0.3 is 0 Å². The van der Waals surface area contributed by atoms with Crippen LogP contribution in [0.4, 0.5) is 5.69 Å². The lowest BCUT2D eigenvalue weighted by Crippen LogP contribution is -2.07. The third kappa shape index (κ3) is 2.18. The largest absolute Gasteiger partial charge is 0.497 e. The molecule has 0 aliphatic rings. The zero-order chi connectivity index (χ0) is 10.8. The lowest BCUT2D eigenvalue weighted by molar-refractivity contribution is 0.415. The summed E-state index contributed by atoms with van der Waals surface area (Å²) in [4.78, 5) is 4.41. The van der Waals surface area contributed by atoms with Gasteiger partial charge in [0.15, 0.2) is 0 Å². The fourth-order valence-corrected chi connectivity index (χ4v) is 1.58. The number of hydrazine groups is 1. The number of anilines is 1. The second-order valence-corrected chi connectivity index (χ2v) is 3.34. The Morgan fingerprint density at radius 3 is 2.69 bits per heavy atom. The minimum Gasteiger partial charge on any atom is -0.497 e. The van der Waals surface area contributed by atoms with Crippen LogP contribution in [0.25, 0.3) is 10.9 Å². The lowest BCUT2D eigenvalue weighted by Gasteiger charge is -2.08. The van der Waals surface area contributed by atoms with Gasteiger partial charge in [-0.05, 0) is 31.2 Å². The van der Waals surface area contributed by atoms with Gasteiger partial charge in [-0.3, -0.25) is 10.8 Å². The maximum atomic E-state index is 5.46. The average Bonchev–Trinajstić information content (AvgIpc) is 2.27. The van der Waals surface area contributed by atoms with E-state index in [4.69, 9.17) is 10.6 Å². The SMILES string of the molecule is COc1ccc2nc(C)cc(NN)c2c1.Cl. The summed E-state index contributed by atoms with van der Waals surface area (Å²) in [5, 5.41) is 0.961. The molecule has 1 aromatic carbocycles. The third-order valence-electron chi connectivity index (χ3n) is 2.30. The van der Waals surface area contributed by atoms with Crippen LogP contribution < -0.4 is 16.0 Å². The summed E-state index contributed by atoms with van der Waals surface area (Å²) in [6, 6.07) is 7.62. The van der Waals surface area contributed by atoms with E-state index in [-0.39, 0.29) is 12.4 Å². The summed E-state index contributed by atoms with van der Waals surface area (Å²) in [6.07, 6.45) is 0. The van der Waals surface area contributed by atoms with Crippen molar-refractivity contribution in [2.24, 2.45) is 5.84 Å². The molecule has 0 aliphatic heterocycles. The first-order valence-corrected chi connectivity index (χ1v) is 4.66. The monoisotopic (exact) mass is 239 g/mol. The van der Waals surface area contributed by atoms with Crippen LogP contribution >= 0.6 is 12.4 Å². The van der Waals surface area contributed by atoms with E-state index in [2.05, 4.69) is 10.4 Å². The van der Waals surface area contributed by atoms with Gasteiger partial charge in [0, 0.05) is 11.1 Å². The molecule has 0 fully saturated rings. The molecule has 2 rings (SSSR count). The maximum absolute atomic E-state index is 5.46. The standard InChI is InChI=1S/C11H13N3O.ClH/c1-7-5-11(14-12)9-6-8(15-2)3-4-10(9)13-7;/h3-6H,12H2,1-2H3,(H,13,14);1H. The molecule has 3 N–H and O–H groups in total. The van der Waals surface area contributed by atoms with Crippen LogP contribution in [-0.2, 0) is 0 Å². The third-order valence-corrected chi connectivity index (χ3v) is 2.30. The summed E-state index contributed by atoms with van der Waals surface area (Å²) < 4.78 is 5.16. The number of methoxy groups -OCH3 is 1. The molecule has 0 saturated heterocycles. The first-order chi connectivity index (χ1) is 7.24. The Bertz CT molecular complexity index is 502. The predicted octanol–water partition coefficient (Wildman–Crippen LogP) is 2.26. The van der Waals surface area contributed by atoms with Gasteiger partial charge in [-0.1, -0.05) is 0 Å². The Morgan fingerprint density at radius 1 is 1.31 bits per heavy atom. The highest BCUT2D eigenvalue weighted by Crippen LogP contribution is 2.26. The summed E-state index contributed by atoms with van der Waals surface area (Å²) in [6.45, 7) is 1.94. The van der Waals surface area contributed by atoms with Gasteiger partial charge in [0.25, 0.3) is 0 Å². The summed E-state index contributed by atoms with van der Waals surface area (Å²) in [5.74, 6) is 6.25. The number of halogens is 1. The molecule has 0 bridgehead atoms. The molecule has 16 heavy (non-hydrogen) atoms. The van der Waals surface area contributed by atoms with Crippen LogP contribution in [0.3, 0.4) is 0 Å². The van der Waals surface area contributed by atoms with E-state index in [0.29, 0.717) is 0 Å². The molecule has 1 heterocycles. The van der Waals surface area contributed by atoms with E-state index in [1.54, 1.807) is 7.11 Å². The van der Waals surface area contributed by atoms with Crippen LogP contribution in [0.2, 0.25) is 0 Å². The Balaban J connectivity index is 0.00000128. The van der Waals surface area contributed by atoms with Gasteiger partial charge in [-0.15, -0.1) is 12.4 Å². The predicted molar refractivity (Wildman–Crippen MR) is 68.1 cm³/mol. The number of nitrogens with two attached hydrogens (primary N) is 1. The zero-order valence-electron chi connectivity index (χ0n) is 9.15. The van der Waals surface area contributed by atoms with Crippen molar-refractivity contribution in [3.8, 4) is 5.75 Å². The topological polar surface area (TPSA) is 60.2 Å². The normalized spacial score (nSPS) is 9.69. The molecule has 86 valence electrons. The van der Waals surface area contributed by atoms with E-state index in [0.717, 1.165) is 28.0 Å². The smallest absolute Gasteiger partial charge is 0.119 e. The van der Waals surface area contributed by atoms with Crippen molar-refractivity contribution in [2.45, 2.75) is 6.92 Å². The quantitative estimate of drug-likeness (QED) is 0.624. The highest BCUT2D eigenvalue weighted by molar-refractivity contribution is 5.92. The number of aromatic nitrogens is 1. The van der Waals surface area contributed by atoms with Crippen molar-refractivity contribution in [1.82, 2.24) is 4.98 Å². The van der Waals surface area contributed by atoms with E-state index < -0.39 is 0 Å². The van der Waals surface area contributed by atoms with Crippen LogP contribution in [0.15, 0.2) is 24.3 Å². The average molecular weight is 240 g/mol. The molecule has 0 saturated carbocycles. The van der Waals surface area contributed by atoms with Crippen LogP contribution in [0.1, 0.15) is 5.69 Å². The molecule has 0 amide bonds. The minimum atomic E-state index is 0. The lowest BCUT2D eigenvalue weighted by atomic mass is 10.1. The first-order valence-electron chi connectivity index (χ1n) is 4.66. The van der Waals surface area contributed by atoms with Gasteiger partial charge in [-0.25, -0.2) is 0 Å². The molecule has 4 nitrogen and oxygen atoms in total. The summed E-state index contributed by atoms with van der Waals surface area (Å²) in [7, 11) is 1.64. The number of pyridine rings is 1. The number of benzene rings is 1. The van der Waals surface area contributed by atoms with Gasteiger partial charge < -0.3 is 10.2 Å². The number of rotatable bonds is 2.